The number of nitrogens with one attached hydrogen (secondary N) is 2. The van der Waals surface area contributed by atoms with E-state index >= 15 is 0 Å². The lowest BCUT2D eigenvalue weighted by Gasteiger charge is -2.26. The highest BCUT2D eigenvalue weighted by Gasteiger charge is 2.26. The highest BCUT2D eigenvalue weighted by Crippen LogP contribution is 2.24. The molecule has 6 heteroatoms. The van der Waals surface area contributed by atoms with E-state index in [9.17, 15) is 9.59 Å². The number of urea groups is 1. The zero-order chi connectivity index (χ0) is 16.7. The number of carboxylic acid groups (broad SMARTS) is 1. The molecular weight excluding hydrogens is 312 g/mol. The second-order valence-corrected chi connectivity index (χ2v) is 7.13. The van der Waals surface area contributed by atoms with E-state index in [1.54, 1.807) is 11.8 Å². The van der Waals surface area contributed by atoms with E-state index in [-0.39, 0.29) is 18.0 Å². The lowest BCUT2D eigenvalue weighted by atomic mass is 9.86. The molecular formula is C17H24N2O3S. The molecule has 1 saturated carbocycles. The van der Waals surface area contributed by atoms with Crippen molar-refractivity contribution in [3.63, 3.8) is 0 Å². The van der Waals surface area contributed by atoms with E-state index < -0.39 is 5.97 Å². The molecule has 0 spiro atoms. The van der Waals surface area contributed by atoms with Crippen LogP contribution in [0.3, 0.4) is 0 Å². The maximum atomic E-state index is 12.0. The Bertz CT molecular complexity index is 542. The fraction of sp³-hybridized carbons (Fsp3) is 0.529. The standard InChI is InChI=1S/C17H24N2O3S/c1-2-23-15-5-3-4-12(10-15)11-18-17(22)19-14-8-6-13(7-9-14)16(20)21/h3-5,10,13-14H,2,6-9,11H2,1H3,(H,20,21)(H2,18,19,22). The molecule has 1 aromatic carbocycles. The van der Waals surface area contributed by atoms with Gasteiger partial charge in [0.1, 0.15) is 0 Å². The first-order valence-corrected chi connectivity index (χ1v) is 9.06. The van der Waals surface area contributed by atoms with Crippen molar-refractivity contribution in [1.82, 2.24) is 10.6 Å². The molecule has 23 heavy (non-hydrogen) atoms. The van der Waals surface area contributed by atoms with Crippen LogP contribution < -0.4 is 10.6 Å². The molecule has 0 saturated heterocycles. The molecule has 5 nitrogen and oxygen atoms in total. The fourth-order valence-corrected chi connectivity index (χ4v) is 3.56. The highest BCUT2D eigenvalue weighted by atomic mass is 32.2. The topological polar surface area (TPSA) is 78.4 Å². The van der Waals surface area contributed by atoms with Gasteiger partial charge in [-0.3, -0.25) is 4.79 Å². The Balaban J connectivity index is 1.73. The molecule has 0 bridgehead atoms. The van der Waals surface area contributed by atoms with Crippen LogP contribution in [0.15, 0.2) is 29.2 Å². The summed E-state index contributed by atoms with van der Waals surface area (Å²) in [5, 5.41) is 14.8. The van der Waals surface area contributed by atoms with Crippen molar-refractivity contribution in [1.29, 1.82) is 0 Å². The van der Waals surface area contributed by atoms with E-state index in [1.807, 2.05) is 12.1 Å². The maximum Gasteiger partial charge on any atom is 0.315 e. The summed E-state index contributed by atoms with van der Waals surface area (Å²) in [6.45, 7) is 2.61. The Hall–Kier alpha value is -1.69. The molecule has 1 aromatic rings. The molecule has 2 rings (SSSR count). The number of aliphatic carboxylic acids is 1. The van der Waals surface area contributed by atoms with Crippen molar-refractivity contribution in [2.45, 2.75) is 50.1 Å². The van der Waals surface area contributed by atoms with Crippen LogP contribution in [-0.2, 0) is 11.3 Å². The van der Waals surface area contributed by atoms with Crippen molar-refractivity contribution >= 4 is 23.8 Å². The number of hydrogen-bond acceptors (Lipinski definition) is 3. The minimum Gasteiger partial charge on any atom is -0.481 e. The molecule has 0 heterocycles. The summed E-state index contributed by atoms with van der Waals surface area (Å²) in [6.07, 6.45) is 2.73. The van der Waals surface area contributed by atoms with Crippen LogP contribution in [0.5, 0.6) is 0 Å². The van der Waals surface area contributed by atoms with Gasteiger partial charge in [-0.15, -0.1) is 11.8 Å². The Kier molecular flexibility index (Phi) is 6.77. The number of carbonyl (C=O) groups is 2. The van der Waals surface area contributed by atoms with E-state index in [1.165, 1.54) is 4.90 Å². The van der Waals surface area contributed by atoms with Crippen LogP contribution in [0.1, 0.15) is 38.2 Å². The first-order chi connectivity index (χ1) is 11.1. The molecule has 1 aliphatic rings. The zero-order valence-corrected chi connectivity index (χ0v) is 14.2. The van der Waals surface area contributed by atoms with Gasteiger partial charge in [-0.05, 0) is 49.1 Å². The molecule has 0 unspecified atom stereocenters. The van der Waals surface area contributed by atoms with Crippen molar-refractivity contribution in [2.75, 3.05) is 5.75 Å². The smallest absolute Gasteiger partial charge is 0.315 e. The molecule has 0 atom stereocenters. The predicted octanol–water partition coefficient (Wildman–Crippen LogP) is 3.24. The van der Waals surface area contributed by atoms with Gasteiger partial charge in [0.05, 0.1) is 5.92 Å². The Morgan fingerprint density at radius 3 is 2.65 bits per heavy atom. The van der Waals surface area contributed by atoms with Gasteiger partial charge < -0.3 is 15.7 Å². The van der Waals surface area contributed by atoms with Crippen LogP contribution in [-0.4, -0.2) is 28.9 Å². The summed E-state index contributed by atoms with van der Waals surface area (Å²) in [5.41, 5.74) is 1.08. The summed E-state index contributed by atoms with van der Waals surface area (Å²) in [5.74, 6) is 0.0452. The van der Waals surface area contributed by atoms with Crippen molar-refractivity contribution in [3.8, 4) is 0 Å². The predicted molar refractivity (Wildman–Crippen MR) is 91.6 cm³/mol. The van der Waals surface area contributed by atoms with E-state index in [0.29, 0.717) is 19.4 Å². The molecule has 0 aromatic heterocycles. The second kappa shape index (κ2) is 8.82. The van der Waals surface area contributed by atoms with Gasteiger partial charge >= 0.3 is 12.0 Å². The summed E-state index contributed by atoms with van der Waals surface area (Å²) in [6, 6.07) is 8.05. The van der Waals surface area contributed by atoms with Crippen LogP contribution >= 0.6 is 11.8 Å². The molecule has 1 fully saturated rings. The maximum absolute atomic E-state index is 12.0. The Morgan fingerprint density at radius 2 is 2.00 bits per heavy atom. The van der Waals surface area contributed by atoms with Gasteiger partial charge in [0, 0.05) is 17.5 Å². The zero-order valence-electron chi connectivity index (χ0n) is 13.4. The molecule has 2 amide bonds. The third kappa shape index (κ3) is 5.78. The van der Waals surface area contributed by atoms with Gasteiger partial charge in [0.2, 0.25) is 0 Å². The third-order valence-electron chi connectivity index (χ3n) is 4.07. The molecule has 0 aliphatic heterocycles. The summed E-state index contributed by atoms with van der Waals surface area (Å²) in [4.78, 5) is 24.1. The van der Waals surface area contributed by atoms with Gasteiger partial charge in [-0.25, -0.2) is 4.79 Å². The minimum atomic E-state index is -0.724. The number of thioether (sulfide) groups is 1. The number of carbonyl (C=O) groups excluding carboxylic acids is 1. The third-order valence-corrected chi connectivity index (χ3v) is 4.95. The van der Waals surface area contributed by atoms with Crippen molar-refractivity contribution < 1.29 is 14.7 Å². The summed E-state index contributed by atoms with van der Waals surface area (Å²) in [7, 11) is 0. The van der Waals surface area contributed by atoms with E-state index in [0.717, 1.165) is 24.2 Å². The SMILES string of the molecule is CCSc1cccc(CNC(=O)NC2CCC(C(=O)O)CC2)c1. The Morgan fingerprint density at radius 1 is 1.26 bits per heavy atom. The number of hydrogen-bond donors (Lipinski definition) is 3. The second-order valence-electron chi connectivity index (χ2n) is 5.79. The van der Waals surface area contributed by atoms with Crippen molar-refractivity contribution in [2.24, 2.45) is 5.92 Å². The number of benzene rings is 1. The average molecular weight is 336 g/mol. The van der Waals surface area contributed by atoms with Gasteiger partial charge in [-0.1, -0.05) is 19.1 Å². The first kappa shape index (κ1) is 17.7. The monoisotopic (exact) mass is 336 g/mol. The lowest BCUT2D eigenvalue weighted by molar-refractivity contribution is -0.142. The molecule has 1 aliphatic carbocycles. The highest BCUT2D eigenvalue weighted by molar-refractivity contribution is 7.99. The van der Waals surface area contributed by atoms with Crippen LogP contribution in [0.25, 0.3) is 0 Å². The minimum absolute atomic E-state index is 0.0765. The van der Waals surface area contributed by atoms with Crippen LogP contribution in [0.4, 0.5) is 4.79 Å². The quantitative estimate of drug-likeness (QED) is 0.697. The number of carboxylic acids is 1. The van der Waals surface area contributed by atoms with Crippen molar-refractivity contribution in [3.05, 3.63) is 29.8 Å². The largest absolute Gasteiger partial charge is 0.481 e. The van der Waals surface area contributed by atoms with Gasteiger partial charge in [0.15, 0.2) is 0 Å². The average Bonchev–Trinajstić information content (AvgIpc) is 2.54. The van der Waals surface area contributed by atoms with Crippen LogP contribution in [0, 0.1) is 5.92 Å². The van der Waals surface area contributed by atoms with Gasteiger partial charge in [0.25, 0.3) is 0 Å². The van der Waals surface area contributed by atoms with E-state index in [2.05, 4.69) is 29.7 Å². The molecule has 126 valence electrons. The number of rotatable bonds is 6. The van der Waals surface area contributed by atoms with Crippen LogP contribution in [0.2, 0.25) is 0 Å². The summed E-state index contributed by atoms with van der Waals surface area (Å²) < 4.78 is 0. The van der Waals surface area contributed by atoms with E-state index in [4.69, 9.17) is 5.11 Å². The Labute approximate surface area is 141 Å². The fourth-order valence-electron chi connectivity index (χ4n) is 2.82. The normalized spacial score (nSPS) is 20.7. The van der Waals surface area contributed by atoms with Gasteiger partial charge in [-0.2, -0.15) is 0 Å². The molecule has 3 N–H and O–H groups in total. The number of amides is 2. The first-order valence-electron chi connectivity index (χ1n) is 8.07. The lowest BCUT2D eigenvalue weighted by Crippen LogP contribution is -2.43. The summed E-state index contributed by atoms with van der Waals surface area (Å²) >= 11 is 1.78. The molecule has 0 radical (unpaired) electrons.